The number of nitrogens with zero attached hydrogens (tertiary/aromatic N) is 2. The molecule has 5 rings (SSSR count). The summed E-state index contributed by atoms with van der Waals surface area (Å²) in [4.78, 5) is 34.8. The van der Waals surface area contributed by atoms with Gasteiger partial charge >= 0.3 is 0 Å². The summed E-state index contributed by atoms with van der Waals surface area (Å²) in [5.74, 6) is 0.422. The summed E-state index contributed by atoms with van der Waals surface area (Å²) >= 11 is 0. The maximum Gasteiger partial charge on any atom is 0.266 e. The second-order valence-corrected chi connectivity index (χ2v) is 8.32. The monoisotopic (exact) mass is 490 g/mol. The van der Waals surface area contributed by atoms with Crippen LogP contribution in [0.15, 0.2) is 66.7 Å². The van der Waals surface area contributed by atoms with Crippen molar-refractivity contribution in [2.24, 2.45) is 5.92 Å². The van der Waals surface area contributed by atoms with Crippen molar-refractivity contribution in [3.05, 3.63) is 72.3 Å². The zero-order valence-corrected chi connectivity index (χ0v) is 20.3. The summed E-state index contributed by atoms with van der Waals surface area (Å²) in [6, 6.07) is 18.9. The maximum absolute atomic E-state index is 13.9. The zero-order valence-electron chi connectivity index (χ0n) is 20.3. The molecule has 0 spiro atoms. The van der Waals surface area contributed by atoms with Crippen LogP contribution in [0.4, 0.5) is 11.4 Å². The summed E-state index contributed by atoms with van der Waals surface area (Å²) in [6.07, 6.45) is -1.01. The van der Waals surface area contributed by atoms with Crippen molar-refractivity contribution in [2.75, 3.05) is 38.4 Å². The zero-order chi connectivity index (χ0) is 25.4. The molecule has 0 aromatic heterocycles. The summed E-state index contributed by atoms with van der Waals surface area (Å²) < 4.78 is 21.9. The number of benzene rings is 3. The largest absolute Gasteiger partial charge is 0.497 e. The van der Waals surface area contributed by atoms with E-state index in [9.17, 15) is 9.59 Å². The van der Waals surface area contributed by atoms with Crippen LogP contribution in [0.5, 0.6) is 23.0 Å². The van der Waals surface area contributed by atoms with Crippen LogP contribution >= 0.6 is 0 Å². The minimum absolute atomic E-state index is 0.365. The van der Waals surface area contributed by atoms with Crippen molar-refractivity contribution in [1.29, 1.82) is 0 Å². The highest BCUT2D eigenvalue weighted by Gasteiger charge is 2.61. The summed E-state index contributed by atoms with van der Waals surface area (Å²) in [5, 5.41) is 1.61. The third kappa shape index (κ3) is 3.68. The van der Waals surface area contributed by atoms with Gasteiger partial charge in [0.25, 0.3) is 5.91 Å². The molecule has 9 heteroatoms. The van der Waals surface area contributed by atoms with Crippen molar-refractivity contribution < 1.29 is 33.4 Å². The molecule has 36 heavy (non-hydrogen) atoms. The Hall–Kier alpha value is -4.24. The number of rotatable bonds is 7. The predicted octanol–water partition coefficient (Wildman–Crippen LogP) is 3.77. The van der Waals surface area contributed by atoms with E-state index in [2.05, 4.69) is 0 Å². The van der Waals surface area contributed by atoms with E-state index in [4.69, 9.17) is 23.8 Å². The number of fused-ring (bicyclic) bond motifs is 1. The standard InChI is InChI=1S/C27H26N2O7/c1-32-18-12-10-16(11-13-18)28-26(30)23-24(19-14-21(34-3)22(35-4)15-20(19)33-2)29(36-25(23)27(28)31)17-8-6-5-7-9-17/h5-15,23-25H,1-4H3/t23-,24+,25+/m1/s1. The average Bonchev–Trinajstić information content (AvgIpc) is 3.43. The molecule has 3 atom stereocenters. The number of carbonyl (C=O) groups is 2. The second kappa shape index (κ2) is 9.43. The third-order valence-corrected chi connectivity index (χ3v) is 6.51. The Morgan fingerprint density at radius 2 is 1.33 bits per heavy atom. The molecule has 0 saturated carbocycles. The number of amides is 2. The van der Waals surface area contributed by atoms with Crippen LogP contribution in [0.3, 0.4) is 0 Å². The number of hydroxylamine groups is 1. The molecule has 0 aliphatic carbocycles. The van der Waals surface area contributed by atoms with Gasteiger partial charge in [0.15, 0.2) is 17.6 Å². The minimum Gasteiger partial charge on any atom is -0.497 e. The number of anilines is 2. The average molecular weight is 491 g/mol. The Labute approximate surface area is 208 Å². The molecular formula is C27H26N2O7. The highest BCUT2D eigenvalue weighted by molar-refractivity contribution is 6.24. The molecule has 0 unspecified atom stereocenters. The Kier molecular flexibility index (Phi) is 6.15. The van der Waals surface area contributed by atoms with Gasteiger partial charge in [0, 0.05) is 11.6 Å². The van der Waals surface area contributed by atoms with Gasteiger partial charge in [-0.25, -0.2) is 9.96 Å². The van der Waals surface area contributed by atoms with Crippen molar-refractivity contribution >= 4 is 23.2 Å². The summed E-state index contributed by atoms with van der Waals surface area (Å²) in [6.45, 7) is 0. The van der Waals surface area contributed by atoms with E-state index in [0.29, 0.717) is 39.9 Å². The lowest BCUT2D eigenvalue weighted by atomic mass is 9.89. The fourth-order valence-electron chi connectivity index (χ4n) is 4.80. The SMILES string of the molecule is COc1ccc(N2C(=O)[C@H]3[C@H](ON(c4ccccc4)[C@H]3c3cc(OC)c(OC)cc3OC)C2=O)cc1. The molecule has 0 N–H and O–H groups in total. The van der Waals surface area contributed by atoms with E-state index < -0.39 is 24.0 Å². The van der Waals surface area contributed by atoms with E-state index in [0.717, 1.165) is 0 Å². The van der Waals surface area contributed by atoms with Gasteiger partial charge in [0.2, 0.25) is 5.91 Å². The number of imide groups is 1. The molecule has 0 radical (unpaired) electrons. The quantitative estimate of drug-likeness (QED) is 0.463. The molecule has 9 nitrogen and oxygen atoms in total. The molecule has 3 aromatic rings. The molecular weight excluding hydrogens is 464 g/mol. The smallest absolute Gasteiger partial charge is 0.266 e. The molecule has 2 aliphatic rings. The van der Waals surface area contributed by atoms with Crippen LogP contribution < -0.4 is 28.9 Å². The highest BCUT2D eigenvalue weighted by Crippen LogP contribution is 2.51. The first kappa shape index (κ1) is 23.5. The molecule has 2 fully saturated rings. The van der Waals surface area contributed by atoms with E-state index in [1.807, 2.05) is 30.3 Å². The van der Waals surface area contributed by atoms with Crippen molar-refractivity contribution in [3.8, 4) is 23.0 Å². The molecule has 2 amide bonds. The first-order chi connectivity index (χ1) is 17.5. The number of carbonyl (C=O) groups excluding carboxylic acids is 2. The maximum atomic E-state index is 13.9. The van der Waals surface area contributed by atoms with Crippen LogP contribution in [-0.2, 0) is 14.4 Å². The second-order valence-electron chi connectivity index (χ2n) is 8.32. The van der Waals surface area contributed by atoms with Crippen LogP contribution in [-0.4, -0.2) is 46.4 Å². The fourth-order valence-corrected chi connectivity index (χ4v) is 4.80. The Morgan fingerprint density at radius 3 is 1.94 bits per heavy atom. The normalized spacial score (nSPS) is 20.9. The molecule has 3 aromatic carbocycles. The first-order valence-electron chi connectivity index (χ1n) is 11.3. The summed E-state index contributed by atoms with van der Waals surface area (Å²) in [5.41, 5.74) is 1.78. The lowest BCUT2D eigenvalue weighted by Gasteiger charge is -2.30. The van der Waals surface area contributed by atoms with Crippen molar-refractivity contribution in [2.45, 2.75) is 12.1 Å². The number of hydrogen-bond donors (Lipinski definition) is 0. The highest BCUT2D eigenvalue weighted by atomic mass is 16.7. The van der Waals surface area contributed by atoms with Gasteiger partial charge in [-0.3, -0.25) is 14.4 Å². The van der Waals surface area contributed by atoms with Gasteiger partial charge in [-0.2, -0.15) is 0 Å². The summed E-state index contributed by atoms with van der Waals surface area (Å²) in [7, 11) is 6.16. The molecule has 2 saturated heterocycles. The van der Waals surface area contributed by atoms with Crippen LogP contribution in [0, 0.1) is 5.92 Å². The van der Waals surface area contributed by atoms with Crippen molar-refractivity contribution in [1.82, 2.24) is 0 Å². The molecule has 2 aliphatic heterocycles. The third-order valence-electron chi connectivity index (χ3n) is 6.51. The topological polar surface area (TPSA) is 86.8 Å². The van der Waals surface area contributed by atoms with E-state index in [1.165, 1.54) is 26.2 Å². The van der Waals surface area contributed by atoms with E-state index in [-0.39, 0.29) is 5.91 Å². The Balaban J connectivity index is 1.63. The molecule has 186 valence electrons. The van der Waals surface area contributed by atoms with E-state index in [1.54, 1.807) is 48.6 Å². The number of ether oxygens (including phenoxy) is 4. The van der Waals surface area contributed by atoms with Gasteiger partial charge in [0.05, 0.1) is 39.8 Å². The van der Waals surface area contributed by atoms with Crippen LogP contribution in [0.2, 0.25) is 0 Å². The lowest BCUT2D eigenvalue weighted by molar-refractivity contribution is -0.126. The van der Waals surface area contributed by atoms with E-state index >= 15 is 0 Å². The number of hydrogen-bond acceptors (Lipinski definition) is 8. The lowest BCUT2D eigenvalue weighted by Crippen LogP contribution is -2.37. The van der Waals surface area contributed by atoms with Gasteiger partial charge in [-0.05, 0) is 42.5 Å². The van der Waals surface area contributed by atoms with Gasteiger partial charge < -0.3 is 18.9 Å². The first-order valence-corrected chi connectivity index (χ1v) is 11.3. The number of para-hydroxylation sites is 1. The van der Waals surface area contributed by atoms with Crippen LogP contribution in [0.1, 0.15) is 11.6 Å². The molecule has 0 bridgehead atoms. The Morgan fingerprint density at radius 1 is 0.694 bits per heavy atom. The fraction of sp³-hybridized carbons (Fsp3) is 0.259. The molecule has 2 heterocycles. The van der Waals surface area contributed by atoms with Gasteiger partial charge in [-0.15, -0.1) is 0 Å². The van der Waals surface area contributed by atoms with Crippen molar-refractivity contribution in [3.63, 3.8) is 0 Å². The Bertz CT molecular complexity index is 1280. The predicted molar refractivity (Wildman–Crippen MR) is 132 cm³/mol. The van der Waals surface area contributed by atoms with Crippen LogP contribution in [0.25, 0.3) is 0 Å². The van der Waals surface area contributed by atoms with Gasteiger partial charge in [0.1, 0.15) is 23.5 Å². The number of methoxy groups -OCH3 is 4. The minimum atomic E-state index is -1.01. The van der Waals surface area contributed by atoms with Gasteiger partial charge in [-0.1, -0.05) is 18.2 Å².